The number of carboxylic acid groups (broad SMARTS) is 2. The van der Waals surface area contributed by atoms with Crippen molar-refractivity contribution in [3.63, 3.8) is 0 Å². The van der Waals surface area contributed by atoms with E-state index in [1.165, 1.54) is 7.11 Å². The Morgan fingerprint density at radius 3 is 1.95 bits per heavy atom. The number of rotatable bonds is 16. The normalized spacial score (nSPS) is 10.7. The molecule has 0 aliphatic heterocycles. The highest BCUT2D eigenvalue weighted by Gasteiger charge is 2.16. The number of ether oxygens (including phenoxy) is 3. The molecule has 0 bridgehead atoms. The molecule has 0 aliphatic rings. The summed E-state index contributed by atoms with van der Waals surface area (Å²) >= 11 is 0. The van der Waals surface area contributed by atoms with Gasteiger partial charge in [0.15, 0.2) is 11.5 Å². The number of benzene rings is 2. The average molecular weight is 627 g/mol. The molecular weight excluding hydrogens is 584 g/mol. The summed E-state index contributed by atoms with van der Waals surface area (Å²) in [4.78, 5) is 19.8. The van der Waals surface area contributed by atoms with E-state index in [1.54, 1.807) is 12.1 Å². The van der Waals surface area contributed by atoms with E-state index in [1.807, 2.05) is 44.2 Å². The fourth-order valence-corrected chi connectivity index (χ4v) is 4.11. The zero-order valence-electron chi connectivity index (χ0n) is 23.4. The lowest BCUT2D eigenvalue weighted by molar-refractivity contribution is -0.139. The molecule has 2 aromatic carbocycles. The maximum Gasteiger partial charge on any atom is 0.303 e. The van der Waals surface area contributed by atoms with Gasteiger partial charge in [-0.3, -0.25) is 9.59 Å². The molecule has 0 spiro atoms. The molecule has 0 saturated carbocycles. The summed E-state index contributed by atoms with van der Waals surface area (Å²) in [7, 11) is -2.43. The number of carboxylic acids is 2. The molecule has 15 heteroatoms. The first-order valence-corrected chi connectivity index (χ1v) is 13.7. The number of sulfonamides is 1. The van der Waals surface area contributed by atoms with E-state index in [2.05, 4.69) is 5.32 Å². The molecule has 0 aliphatic carbocycles. The molecular formula is C26H43ClN2O11S. The second-order valence-corrected chi connectivity index (χ2v) is 9.84. The van der Waals surface area contributed by atoms with E-state index in [4.69, 9.17) is 29.6 Å². The minimum atomic E-state index is -3.84. The van der Waals surface area contributed by atoms with Crippen molar-refractivity contribution in [2.24, 2.45) is 5.14 Å². The van der Waals surface area contributed by atoms with Gasteiger partial charge in [-0.05, 0) is 62.9 Å². The van der Waals surface area contributed by atoms with Crippen LogP contribution in [0.4, 0.5) is 0 Å². The van der Waals surface area contributed by atoms with Crippen LogP contribution >= 0.6 is 12.4 Å². The standard InChI is InChI=1S/C20H28N2O5S.C6H10O4.ClH.2H2O/c1-4-26-17-7-5-6-8-18(17)27-12-11-22-15(2)13-16-9-10-19(25-3)20(14-16)28(21,23)24;7-5(8)3-1-2-4-6(9)10;;;/h5-10,14-15,22H,4,11-13H2,1-3H3,(H2,21,23,24);1-4H2,(H,7,8)(H,9,10);1H;2*1H2/t15-;;;;/m1..../s1. The van der Waals surface area contributed by atoms with Gasteiger partial charge in [0, 0.05) is 25.4 Å². The Hall–Kier alpha value is -3.14. The van der Waals surface area contributed by atoms with Crippen molar-refractivity contribution in [2.45, 2.75) is 56.9 Å². The maximum atomic E-state index is 11.7. The Kier molecular flexibility index (Phi) is 23.3. The molecule has 13 nitrogen and oxygen atoms in total. The van der Waals surface area contributed by atoms with Gasteiger partial charge in [0.2, 0.25) is 10.0 Å². The monoisotopic (exact) mass is 626 g/mol. The Bertz CT molecular complexity index is 1120. The summed E-state index contributed by atoms with van der Waals surface area (Å²) in [5, 5.41) is 24.9. The van der Waals surface area contributed by atoms with E-state index >= 15 is 0 Å². The molecule has 9 N–H and O–H groups in total. The van der Waals surface area contributed by atoms with Gasteiger partial charge < -0.3 is 40.7 Å². The number of nitrogens with one attached hydrogen (secondary N) is 1. The number of methoxy groups -OCH3 is 1. The summed E-state index contributed by atoms with van der Waals surface area (Å²) in [5.41, 5.74) is 0.854. The fraction of sp³-hybridized carbons (Fsp3) is 0.462. The third kappa shape index (κ3) is 18.0. The fourth-order valence-electron chi connectivity index (χ4n) is 3.36. The number of hydrogen-bond acceptors (Lipinski definition) is 8. The zero-order valence-corrected chi connectivity index (χ0v) is 25.1. The molecule has 0 amide bonds. The van der Waals surface area contributed by atoms with Crippen LogP contribution in [0.15, 0.2) is 47.4 Å². The third-order valence-corrected chi connectivity index (χ3v) is 6.04. The van der Waals surface area contributed by atoms with Crippen molar-refractivity contribution in [1.29, 1.82) is 0 Å². The van der Waals surface area contributed by atoms with Gasteiger partial charge in [-0.25, -0.2) is 13.6 Å². The summed E-state index contributed by atoms with van der Waals surface area (Å²) in [5.74, 6) is -0.0532. The topological polar surface area (TPSA) is 237 Å². The molecule has 0 heterocycles. The molecule has 0 fully saturated rings. The molecule has 0 radical (unpaired) electrons. The van der Waals surface area contributed by atoms with E-state index in [0.29, 0.717) is 44.8 Å². The number of unbranched alkanes of at least 4 members (excludes halogenated alkanes) is 1. The lowest BCUT2D eigenvalue weighted by Crippen LogP contribution is -2.32. The smallest absolute Gasteiger partial charge is 0.303 e. The molecule has 0 unspecified atom stereocenters. The van der Waals surface area contributed by atoms with Crippen LogP contribution in [-0.2, 0) is 26.0 Å². The molecule has 236 valence electrons. The Balaban J connectivity index is -0.000000958. The van der Waals surface area contributed by atoms with Crippen molar-refractivity contribution in [2.75, 3.05) is 26.9 Å². The second-order valence-electron chi connectivity index (χ2n) is 8.31. The molecule has 41 heavy (non-hydrogen) atoms. The van der Waals surface area contributed by atoms with Crippen LogP contribution in [0.3, 0.4) is 0 Å². The lowest BCUT2D eigenvalue weighted by Gasteiger charge is -2.16. The molecule has 2 rings (SSSR count). The maximum absolute atomic E-state index is 11.7. The van der Waals surface area contributed by atoms with Crippen molar-refractivity contribution in [1.82, 2.24) is 5.32 Å². The number of para-hydroxylation sites is 2. The highest BCUT2D eigenvalue weighted by Crippen LogP contribution is 2.26. The van der Waals surface area contributed by atoms with Gasteiger partial charge in [0.05, 0.1) is 13.7 Å². The number of halogens is 1. The highest BCUT2D eigenvalue weighted by molar-refractivity contribution is 7.89. The summed E-state index contributed by atoms with van der Waals surface area (Å²) in [6, 6.07) is 12.7. The van der Waals surface area contributed by atoms with Crippen LogP contribution in [-0.4, -0.2) is 74.4 Å². The summed E-state index contributed by atoms with van der Waals surface area (Å²) in [6.45, 7) is 5.66. The quantitative estimate of drug-likeness (QED) is 0.197. The van der Waals surface area contributed by atoms with Crippen molar-refractivity contribution >= 4 is 34.4 Å². The molecule has 1 atom stereocenters. The predicted molar refractivity (Wildman–Crippen MR) is 157 cm³/mol. The number of hydrogen-bond donors (Lipinski definition) is 4. The number of carbonyl (C=O) groups is 2. The summed E-state index contributed by atoms with van der Waals surface area (Å²) < 4.78 is 39.9. The minimum absolute atomic E-state index is 0. The molecule has 2 aromatic rings. The zero-order chi connectivity index (χ0) is 28.6. The van der Waals surface area contributed by atoms with Crippen LogP contribution in [0.2, 0.25) is 0 Å². The third-order valence-electron chi connectivity index (χ3n) is 5.11. The van der Waals surface area contributed by atoms with Gasteiger partial charge in [0.1, 0.15) is 17.3 Å². The van der Waals surface area contributed by atoms with Crippen LogP contribution in [0.1, 0.15) is 45.1 Å². The Labute approximate surface area is 247 Å². The molecule has 0 aromatic heterocycles. The van der Waals surface area contributed by atoms with E-state index in [0.717, 1.165) is 11.3 Å². The number of aliphatic carboxylic acids is 2. The van der Waals surface area contributed by atoms with E-state index < -0.39 is 22.0 Å². The van der Waals surface area contributed by atoms with Gasteiger partial charge >= 0.3 is 11.9 Å². The van der Waals surface area contributed by atoms with Crippen LogP contribution in [0.5, 0.6) is 17.2 Å². The number of nitrogens with two attached hydrogens (primary N) is 1. The lowest BCUT2D eigenvalue weighted by atomic mass is 10.1. The SMILES string of the molecule is CCOc1ccccc1OCCN[C@H](C)Cc1ccc(OC)c(S(N)(=O)=O)c1.Cl.O.O.O=C(O)CCCCC(=O)O. The van der Waals surface area contributed by atoms with Gasteiger partial charge in [-0.15, -0.1) is 12.4 Å². The Morgan fingerprint density at radius 1 is 0.951 bits per heavy atom. The largest absolute Gasteiger partial charge is 0.495 e. The van der Waals surface area contributed by atoms with E-state index in [9.17, 15) is 18.0 Å². The van der Waals surface area contributed by atoms with Gasteiger partial charge in [-0.2, -0.15) is 0 Å². The first kappa shape index (κ1) is 42.3. The second kappa shape index (κ2) is 22.5. The first-order chi connectivity index (χ1) is 18.0. The van der Waals surface area contributed by atoms with Gasteiger partial charge in [-0.1, -0.05) is 18.2 Å². The van der Waals surface area contributed by atoms with Crippen molar-refractivity contribution in [3.8, 4) is 17.2 Å². The summed E-state index contributed by atoms with van der Waals surface area (Å²) in [6.07, 6.45) is 1.66. The minimum Gasteiger partial charge on any atom is -0.495 e. The number of primary sulfonamides is 1. The van der Waals surface area contributed by atoms with Crippen molar-refractivity contribution < 1.29 is 53.4 Å². The van der Waals surface area contributed by atoms with Crippen LogP contribution < -0.4 is 24.7 Å². The Morgan fingerprint density at radius 2 is 1.49 bits per heavy atom. The average Bonchev–Trinajstić information content (AvgIpc) is 2.85. The van der Waals surface area contributed by atoms with Crippen LogP contribution in [0.25, 0.3) is 0 Å². The molecule has 0 saturated heterocycles. The van der Waals surface area contributed by atoms with Gasteiger partial charge in [0.25, 0.3) is 0 Å². The highest BCUT2D eigenvalue weighted by atomic mass is 35.5. The predicted octanol–water partition coefficient (Wildman–Crippen LogP) is 1.83. The van der Waals surface area contributed by atoms with Crippen LogP contribution in [0, 0.1) is 0 Å². The van der Waals surface area contributed by atoms with E-state index in [-0.39, 0.29) is 52.9 Å². The van der Waals surface area contributed by atoms with Crippen molar-refractivity contribution in [3.05, 3.63) is 48.0 Å². The first-order valence-electron chi connectivity index (χ1n) is 12.2.